The van der Waals surface area contributed by atoms with E-state index in [-0.39, 0.29) is 17.6 Å². The van der Waals surface area contributed by atoms with Gasteiger partial charge in [0.2, 0.25) is 0 Å². The van der Waals surface area contributed by atoms with Crippen molar-refractivity contribution in [1.29, 1.82) is 0 Å². The molecule has 0 radical (unpaired) electrons. The van der Waals surface area contributed by atoms with E-state index >= 15 is 0 Å². The van der Waals surface area contributed by atoms with Gasteiger partial charge < -0.3 is 19.7 Å². The third-order valence-electron chi connectivity index (χ3n) is 6.02. The summed E-state index contributed by atoms with van der Waals surface area (Å²) in [7, 11) is 0. The molecule has 0 spiro atoms. The molecule has 1 unspecified atom stereocenters. The minimum atomic E-state index is -1.15. The average molecular weight is 407 g/mol. The molecule has 2 N–H and O–H groups in total. The number of benzene rings is 1. The van der Waals surface area contributed by atoms with Gasteiger partial charge in [0, 0.05) is 17.9 Å². The molecule has 0 saturated heterocycles. The highest BCUT2D eigenvalue weighted by molar-refractivity contribution is 5.87. The van der Waals surface area contributed by atoms with Crippen molar-refractivity contribution >= 4 is 5.78 Å². The van der Waals surface area contributed by atoms with Crippen LogP contribution in [-0.2, 0) is 20.9 Å². The van der Waals surface area contributed by atoms with Crippen LogP contribution in [0.3, 0.4) is 0 Å². The van der Waals surface area contributed by atoms with Crippen LogP contribution >= 0.6 is 0 Å². The quantitative estimate of drug-likeness (QED) is 0.427. The van der Waals surface area contributed by atoms with E-state index in [9.17, 15) is 15.0 Å². The molecule has 0 heterocycles. The summed E-state index contributed by atoms with van der Waals surface area (Å²) in [5.41, 5.74) is 0.710. The Balaban J connectivity index is 1.80. The Morgan fingerprint density at radius 1 is 1.17 bits per heavy atom. The van der Waals surface area contributed by atoms with Crippen LogP contribution in [0.5, 0.6) is 0 Å². The number of aliphatic hydroxyl groups is 2. The first-order chi connectivity index (χ1) is 13.6. The molecule has 1 fully saturated rings. The van der Waals surface area contributed by atoms with Crippen molar-refractivity contribution in [3.05, 3.63) is 35.9 Å². The van der Waals surface area contributed by atoms with Gasteiger partial charge in [-0.25, -0.2) is 0 Å². The van der Waals surface area contributed by atoms with Crippen LogP contribution in [0, 0.1) is 17.3 Å². The molecule has 0 aliphatic heterocycles. The zero-order valence-corrected chi connectivity index (χ0v) is 18.4. The minimum absolute atomic E-state index is 0.100. The van der Waals surface area contributed by atoms with Crippen molar-refractivity contribution in [1.82, 2.24) is 0 Å². The Bertz CT molecular complexity index is 624. The van der Waals surface area contributed by atoms with E-state index in [2.05, 4.69) is 0 Å². The van der Waals surface area contributed by atoms with Crippen LogP contribution in [0.1, 0.15) is 65.4 Å². The number of rotatable bonds is 11. The van der Waals surface area contributed by atoms with Gasteiger partial charge in [-0.05, 0) is 57.4 Å². The largest absolute Gasteiger partial charge is 0.392 e. The Morgan fingerprint density at radius 2 is 1.86 bits per heavy atom. The van der Waals surface area contributed by atoms with E-state index in [1.54, 1.807) is 13.8 Å². The Labute approximate surface area is 175 Å². The molecule has 1 aromatic rings. The molecule has 4 atom stereocenters. The van der Waals surface area contributed by atoms with E-state index < -0.39 is 17.3 Å². The number of carbonyl (C=O) groups excluding carboxylic acids is 1. The third-order valence-corrected chi connectivity index (χ3v) is 6.02. The molecule has 2 rings (SSSR count). The molecule has 1 saturated carbocycles. The first kappa shape index (κ1) is 24.0. The molecular weight excluding hydrogens is 368 g/mol. The molecule has 0 amide bonds. The fourth-order valence-electron chi connectivity index (χ4n) is 4.41. The molecule has 0 bridgehead atoms. The van der Waals surface area contributed by atoms with Crippen LogP contribution in [0.2, 0.25) is 0 Å². The maximum atomic E-state index is 12.9. The van der Waals surface area contributed by atoms with Gasteiger partial charge in [-0.1, -0.05) is 44.2 Å². The zero-order valence-electron chi connectivity index (χ0n) is 18.4. The molecule has 1 aliphatic carbocycles. The van der Waals surface area contributed by atoms with Gasteiger partial charge in [-0.3, -0.25) is 4.79 Å². The highest BCUT2D eigenvalue weighted by Gasteiger charge is 2.47. The van der Waals surface area contributed by atoms with E-state index in [1.807, 2.05) is 44.2 Å². The number of hydrogen-bond acceptors (Lipinski definition) is 5. The van der Waals surface area contributed by atoms with Crippen molar-refractivity contribution in [3.63, 3.8) is 0 Å². The molecule has 0 aromatic heterocycles. The van der Waals surface area contributed by atoms with Crippen LogP contribution in [0.4, 0.5) is 0 Å². The number of aliphatic hydroxyl groups excluding tert-OH is 1. The molecule has 29 heavy (non-hydrogen) atoms. The molecule has 1 aliphatic rings. The minimum Gasteiger partial charge on any atom is -0.392 e. The van der Waals surface area contributed by atoms with Crippen LogP contribution in [-0.4, -0.2) is 41.1 Å². The smallest absolute Gasteiger partial charge is 0.159 e. The summed E-state index contributed by atoms with van der Waals surface area (Å²) in [5, 5.41) is 20.3. The Kier molecular flexibility index (Phi) is 8.83. The second kappa shape index (κ2) is 10.7. The van der Waals surface area contributed by atoms with Gasteiger partial charge in [-0.15, -0.1) is 0 Å². The van der Waals surface area contributed by atoms with E-state index in [0.717, 1.165) is 18.4 Å². The topological polar surface area (TPSA) is 76.0 Å². The zero-order chi connectivity index (χ0) is 21.5. The predicted molar refractivity (Wildman–Crippen MR) is 113 cm³/mol. The fourth-order valence-corrected chi connectivity index (χ4v) is 4.41. The van der Waals surface area contributed by atoms with Gasteiger partial charge in [0.25, 0.3) is 0 Å². The monoisotopic (exact) mass is 406 g/mol. The standard InChI is InChI=1S/C24H38O5/c1-18-21(25)20(12-8-14-28-17-19-10-6-5-7-11-19)16-24(4,22(18)26)13-9-15-29-23(2,3)27/h5-7,10-11,18,20-21,25,27H,8-9,12-17H2,1-4H3/t18-,20-,21?,24+/m1/s1. The van der Waals surface area contributed by atoms with Gasteiger partial charge in [0.1, 0.15) is 5.78 Å². The van der Waals surface area contributed by atoms with Crippen LogP contribution < -0.4 is 0 Å². The summed E-state index contributed by atoms with van der Waals surface area (Å²) in [5.74, 6) is -1.25. The van der Waals surface area contributed by atoms with Gasteiger partial charge in [0.05, 0.1) is 19.3 Å². The van der Waals surface area contributed by atoms with Gasteiger partial charge in [0.15, 0.2) is 5.79 Å². The lowest BCUT2D eigenvalue weighted by Gasteiger charge is -2.43. The second-order valence-electron chi connectivity index (χ2n) is 9.25. The first-order valence-electron chi connectivity index (χ1n) is 10.8. The third kappa shape index (κ3) is 7.49. The number of ether oxygens (including phenoxy) is 2. The Morgan fingerprint density at radius 3 is 2.52 bits per heavy atom. The highest BCUT2D eigenvalue weighted by Crippen LogP contribution is 2.44. The Hall–Kier alpha value is -1.27. The molecule has 164 valence electrons. The highest BCUT2D eigenvalue weighted by atomic mass is 16.6. The summed E-state index contributed by atoms with van der Waals surface area (Å²) in [6.45, 7) is 8.74. The summed E-state index contributed by atoms with van der Waals surface area (Å²) in [6, 6.07) is 10.1. The summed E-state index contributed by atoms with van der Waals surface area (Å²) in [6.07, 6.45) is 3.24. The van der Waals surface area contributed by atoms with E-state index in [1.165, 1.54) is 0 Å². The normalized spacial score (nSPS) is 27.9. The lowest BCUT2D eigenvalue weighted by molar-refractivity contribution is -0.177. The fraction of sp³-hybridized carbons (Fsp3) is 0.708. The second-order valence-corrected chi connectivity index (χ2v) is 9.25. The van der Waals surface area contributed by atoms with Crippen LogP contribution in [0.15, 0.2) is 30.3 Å². The van der Waals surface area contributed by atoms with Gasteiger partial charge >= 0.3 is 0 Å². The lowest BCUT2D eigenvalue weighted by Crippen LogP contribution is -2.48. The maximum Gasteiger partial charge on any atom is 0.159 e. The summed E-state index contributed by atoms with van der Waals surface area (Å²) >= 11 is 0. The predicted octanol–water partition coefficient (Wildman–Crippen LogP) is 4.10. The van der Waals surface area contributed by atoms with Crippen molar-refractivity contribution in [2.75, 3.05) is 13.2 Å². The molecule has 5 heteroatoms. The van der Waals surface area contributed by atoms with E-state index in [0.29, 0.717) is 39.1 Å². The van der Waals surface area contributed by atoms with Crippen molar-refractivity contribution in [2.45, 2.75) is 78.3 Å². The summed E-state index contributed by atoms with van der Waals surface area (Å²) < 4.78 is 11.2. The number of hydrogen-bond donors (Lipinski definition) is 2. The number of carbonyl (C=O) groups is 1. The van der Waals surface area contributed by atoms with E-state index in [4.69, 9.17) is 9.47 Å². The van der Waals surface area contributed by atoms with Crippen molar-refractivity contribution in [2.24, 2.45) is 17.3 Å². The van der Waals surface area contributed by atoms with Crippen LogP contribution in [0.25, 0.3) is 0 Å². The molecule has 1 aromatic carbocycles. The number of ketones is 1. The van der Waals surface area contributed by atoms with Crippen molar-refractivity contribution < 1.29 is 24.5 Å². The lowest BCUT2D eigenvalue weighted by atomic mass is 9.62. The SMILES string of the molecule is C[C@H]1C(=O)[C@@](C)(CCCOC(C)(C)O)C[C@@H](CCCOCc2ccccc2)C1O. The molecule has 5 nitrogen and oxygen atoms in total. The number of Topliss-reactive ketones (excluding diaryl/α,β-unsaturated/α-hetero) is 1. The average Bonchev–Trinajstić information content (AvgIpc) is 2.67. The summed E-state index contributed by atoms with van der Waals surface area (Å²) in [4.78, 5) is 12.9. The maximum absolute atomic E-state index is 12.9. The first-order valence-corrected chi connectivity index (χ1v) is 10.8. The van der Waals surface area contributed by atoms with Crippen molar-refractivity contribution in [3.8, 4) is 0 Å². The van der Waals surface area contributed by atoms with Gasteiger partial charge in [-0.2, -0.15) is 0 Å². The molecular formula is C24H38O5.